The second-order valence-corrected chi connectivity index (χ2v) is 5.15. The van der Waals surface area contributed by atoms with E-state index in [1.54, 1.807) is 48.8 Å². The van der Waals surface area contributed by atoms with E-state index in [9.17, 15) is 10.2 Å². The minimum atomic E-state index is 0.190. The highest BCUT2D eigenvalue weighted by Gasteiger charge is 1.98. The molecule has 3 rings (SSSR count). The second kappa shape index (κ2) is 7.24. The first-order valence-corrected chi connectivity index (χ1v) is 7.46. The average Bonchev–Trinajstić information content (AvgIpc) is 2.61. The largest absolute Gasteiger partial charge is 0.507 e. The van der Waals surface area contributed by atoms with Crippen LogP contribution in [0.5, 0.6) is 11.5 Å². The summed E-state index contributed by atoms with van der Waals surface area (Å²) in [6.45, 7) is 0. The Morgan fingerprint density at radius 3 is 1.50 bits per heavy atom. The summed E-state index contributed by atoms with van der Waals surface area (Å²) >= 11 is 0. The number of rotatable bonds is 4. The fourth-order valence-corrected chi connectivity index (χ4v) is 2.14. The van der Waals surface area contributed by atoms with Crippen LogP contribution >= 0.6 is 0 Å². The zero-order valence-corrected chi connectivity index (χ0v) is 12.9. The summed E-state index contributed by atoms with van der Waals surface area (Å²) in [5.74, 6) is 0.380. The quantitative estimate of drug-likeness (QED) is 0.691. The first-order valence-electron chi connectivity index (χ1n) is 7.46. The summed E-state index contributed by atoms with van der Waals surface area (Å²) in [4.78, 5) is 8.72. The lowest BCUT2D eigenvalue weighted by atomic mass is 10.2. The summed E-state index contributed by atoms with van der Waals surface area (Å²) < 4.78 is 0. The summed E-state index contributed by atoms with van der Waals surface area (Å²) in [5, 5.41) is 19.5. The number of aliphatic imine (C=N–C) groups is 2. The van der Waals surface area contributed by atoms with Gasteiger partial charge in [-0.1, -0.05) is 30.3 Å². The number of phenols is 2. The third-order valence-electron chi connectivity index (χ3n) is 3.41. The van der Waals surface area contributed by atoms with Gasteiger partial charge in [-0.15, -0.1) is 0 Å². The van der Waals surface area contributed by atoms with Crippen LogP contribution in [0, 0.1) is 0 Å². The molecule has 0 aliphatic carbocycles. The summed E-state index contributed by atoms with van der Waals surface area (Å²) in [6, 6.07) is 21.4. The van der Waals surface area contributed by atoms with Crippen LogP contribution in [-0.2, 0) is 0 Å². The lowest BCUT2D eigenvalue weighted by Gasteiger charge is -1.99. The van der Waals surface area contributed by atoms with Gasteiger partial charge >= 0.3 is 0 Å². The Labute approximate surface area is 140 Å². The van der Waals surface area contributed by atoms with E-state index in [0.717, 1.165) is 11.4 Å². The number of hydrogen-bond donors (Lipinski definition) is 2. The van der Waals surface area contributed by atoms with Crippen LogP contribution in [0.15, 0.2) is 82.8 Å². The van der Waals surface area contributed by atoms with E-state index in [2.05, 4.69) is 9.98 Å². The molecule has 3 aromatic rings. The topological polar surface area (TPSA) is 65.2 Å². The zero-order valence-electron chi connectivity index (χ0n) is 12.9. The van der Waals surface area contributed by atoms with Gasteiger partial charge in [0.1, 0.15) is 11.5 Å². The molecule has 0 aromatic heterocycles. The highest BCUT2D eigenvalue weighted by molar-refractivity contribution is 5.86. The number of hydrogen-bond acceptors (Lipinski definition) is 4. The Kier molecular flexibility index (Phi) is 4.68. The van der Waals surface area contributed by atoms with Gasteiger partial charge in [0, 0.05) is 23.6 Å². The van der Waals surface area contributed by atoms with E-state index < -0.39 is 0 Å². The van der Waals surface area contributed by atoms with Crippen molar-refractivity contribution in [3.05, 3.63) is 83.9 Å². The molecule has 3 aromatic carbocycles. The van der Waals surface area contributed by atoms with Crippen molar-refractivity contribution >= 4 is 23.8 Å². The van der Waals surface area contributed by atoms with Crippen molar-refractivity contribution in [3.8, 4) is 11.5 Å². The van der Waals surface area contributed by atoms with Crippen LogP contribution in [0.4, 0.5) is 11.4 Å². The van der Waals surface area contributed by atoms with Crippen LogP contribution < -0.4 is 0 Å². The van der Waals surface area contributed by atoms with Crippen molar-refractivity contribution in [2.45, 2.75) is 0 Å². The lowest BCUT2D eigenvalue weighted by Crippen LogP contribution is -1.81. The van der Waals surface area contributed by atoms with Crippen LogP contribution in [0.25, 0.3) is 0 Å². The minimum absolute atomic E-state index is 0.190. The monoisotopic (exact) mass is 316 g/mol. The number of benzene rings is 3. The van der Waals surface area contributed by atoms with Gasteiger partial charge in [-0.25, -0.2) is 0 Å². The Morgan fingerprint density at radius 1 is 0.583 bits per heavy atom. The maximum Gasteiger partial charge on any atom is 0.124 e. The van der Waals surface area contributed by atoms with Gasteiger partial charge in [0.25, 0.3) is 0 Å². The first kappa shape index (κ1) is 15.5. The van der Waals surface area contributed by atoms with Gasteiger partial charge in [-0.3, -0.25) is 9.98 Å². The molecule has 0 bridgehead atoms. The van der Waals surface area contributed by atoms with Crippen molar-refractivity contribution in [2.24, 2.45) is 9.98 Å². The van der Waals surface area contributed by atoms with Crippen LogP contribution in [0.2, 0.25) is 0 Å². The molecule has 0 saturated heterocycles. The van der Waals surface area contributed by atoms with E-state index in [0.29, 0.717) is 11.1 Å². The van der Waals surface area contributed by atoms with E-state index in [4.69, 9.17) is 0 Å². The molecular formula is C20H16N2O2. The molecule has 0 heterocycles. The molecule has 4 nitrogen and oxygen atoms in total. The molecule has 0 aliphatic rings. The highest BCUT2D eigenvalue weighted by atomic mass is 16.3. The lowest BCUT2D eigenvalue weighted by molar-refractivity contribution is 0.474. The molecule has 0 fully saturated rings. The normalized spacial score (nSPS) is 11.3. The fraction of sp³-hybridized carbons (Fsp3) is 0. The van der Waals surface area contributed by atoms with Crippen molar-refractivity contribution in [1.29, 1.82) is 0 Å². The average molecular weight is 316 g/mol. The first-order chi connectivity index (χ1) is 11.7. The zero-order chi connectivity index (χ0) is 16.8. The van der Waals surface area contributed by atoms with Crippen LogP contribution in [-0.4, -0.2) is 22.6 Å². The minimum Gasteiger partial charge on any atom is -0.507 e. The Balaban J connectivity index is 1.80. The van der Waals surface area contributed by atoms with Crippen molar-refractivity contribution in [1.82, 2.24) is 0 Å². The van der Waals surface area contributed by atoms with E-state index in [-0.39, 0.29) is 11.5 Å². The van der Waals surface area contributed by atoms with E-state index >= 15 is 0 Å². The molecule has 0 saturated carbocycles. The third-order valence-corrected chi connectivity index (χ3v) is 3.41. The number of phenolic OH excluding ortho intramolecular Hbond substituents is 2. The number of aromatic hydroxyl groups is 2. The van der Waals surface area contributed by atoms with Gasteiger partial charge in [0.15, 0.2) is 0 Å². The van der Waals surface area contributed by atoms with E-state index in [1.165, 1.54) is 0 Å². The molecule has 0 radical (unpaired) electrons. The van der Waals surface area contributed by atoms with Gasteiger partial charge < -0.3 is 10.2 Å². The molecule has 118 valence electrons. The second-order valence-electron chi connectivity index (χ2n) is 5.15. The maximum atomic E-state index is 9.74. The molecule has 0 atom stereocenters. The Bertz CT molecular complexity index is 831. The van der Waals surface area contributed by atoms with Gasteiger partial charge in [-0.05, 0) is 42.5 Å². The fourth-order valence-electron chi connectivity index (χ4n) is 2.14. The molecule has 0 amide bonds. The molecule has 4 heteroatoms. The van der Waals surface area contributed by atoms with Crippen LogP contribution in [0.3, 0.4) is 0 Å². The Hall–Kier alpha value is -3.40. The molecular weight excluding hydrogens is 300 g/mol. The van der Waals surface area contributed by atoms with Crippen molar-refractivity contribution in [3.63, 3.8) is 0 Å². The molecule has 0 aliphatic heterocycles. The molecule has 24 heavy (non-hydrogen) atoms. The number of nitrogens with zero attached hydrogens (tertiary/aromatic N) is 2. The standard InChI is InChI=1S/C20H16N2O2/c23-19-10-3-1-6-15(19)13-21-17-8-5-9-18(12-17)22-14-16-7-2-4-11-20(16)24/h1-14,23-24H. The number of para-hydroxylation sites is 2. The third kappa shape index (κ3) is 3.87. The summed E-state index contributed by atoms with van der Waals surface area (Å²) in [5.41, 5.74) is 2.76. The smallest absolute Gasteiger partial charge is 0.124 e. The highest BCUT2D eigenvalue weighted by Crippen LogP contribution is 2.22. The van der Waals surface area contributed by atoms with Gasteiger partial charge in [0.2, 0.25) is 0 Å². The molecule has 2 N–H and O–H groups in total. The van der Waals surface area contributed by atoms with E-state index in [1.807, 2.05) is 36.4 Å². The maximum absolute atomic E-state index is 9.74. The van der Waals surface area contributed by atoms with Gasteiger partial charge in [0.05, 0.1) is 11.4 Å². The molecule has 0 unspecified atom stereocenters. The summed E-state index contributed by atoms with van der Waals surface area (Å²) in [6.07, 6.45) is 3.22. The summed E-state index contributed by atoms with van der Waals surface area (Å²) in [7, 11) is 0. The SMILES string of the molecule is Oc1ccccc1C=Nc1cccc(N=Cc2ccccc2O)c1. The van der Waals surface area contributed by atoms with Crippen LogP contribution in [0.1, 0.15) is 11.1 Å². The predicted octanol–water partition coefficient (Wildman–Crippen LogP) is 4.60. The molecule has 0 spiro atoms. The van der Waals surface area contributed by atoms with Crippen molar-refractivity contribution in [2.75, 3.05) is 0 Å². The Morgan fingerprint density at radius 2 is 1.04 bits per heavy atom. The van der Waals surface area contributed by atoms with Gasteiger partial charge in [-0.2, -0.15) is 0 Å². The van der Waals surface area contributed by atoms with Crippen molar-refractivity contribution < 1.29 is 10.2 Å². The predicted molar refractivity (Wildman–Crippen MR) is 97.2 cm³/mol.